The summed E-state index contributed by atoms with van der Waals surface area (Å²) < 4.78 is 18.1. The molecular weight excluding hydrogens is 357 g/mol. The second kappa shape index (κ2) is 8.39. The van der Waals surface area contributed by atoms with E-state index < -0.39 is 5.91 Å². The molecule has 0 atom stereocenters. The Morgan fingerprint density at radius 3 is 2.88 bits per heavy atom. The number of aromatic nitrogens is 1. The van der Waals surface area contributed by atoms with Gasteiger partial charge < -0.3 is 9.73 Å². The smallest absolute Gasteiger partial charge is 0.293 e. The number of amides is 2. The molecule has 1 aromatic carbocycles. The van der Waals surface area contributed by atoms with Crippen LogP contribution in [0.2, 0.25) is 0 Å². The van der Waals surface area contributed by atoms with Gasteiger partial charge in [-0.2, -0.15) is 0 Å². The van der Waals surface area contributed by atoms with Gasteiger partial charge in [-0.3, -0.25) is 14.9 Å². The first kappa shape index (κ1) is 17.8. The van der Waals surface area contributed by atoms with Crippen LogP contribution in [0.25, 0.3) is 0 Å². The van der Waals surface area contributed by atoms with Crippen molar-refractivity contribution in [2.75, 3.05) is 11.9 Å². The van der Waals surface area contributed by atoms with E-state index >= 15 is 0 Å². The number of furan rings is 1. The highest BCUT2D eigenvalue weighted by Gasteiger charge is 2.12. The van der Waals surface area contributed by atoms with E-state index in [1.165, 1.54) is 29.7 Å². The van der Waals surface area contributed by atoms with Gasteiger partial charge in [-0.1, -0.05) is 12.1 Å². The van der Waals surface area contributed by atoms with Gasteiger partial charge in [0.2, 0.25) is 5.91 Å². The van der Waals surface area contributed by atoms with Gasteiger partial charge in [0, 0.05) is 11.9 Å². The third kappa shape index (κ3) is 5.00. The predicted molar refractivity (Wildman–Crippen MR) is 95.6 cm³/mol. The fourth-order valence-electron chi connectivity index (χ4n) is 2.28. The molecule has 0 aliphatic heterocycles. The zero-order valence-electron chi connectivity index (χ0n) is 13.7. The molecule has 26 heavy (non-hydrogen) atoms. The maximum atomic E-state index is 13.1. The monoisotopic (exact) mass is 373 g/mol. The van der Waals surface area contributed by atoms with Crippen LogP contribution in [0.1, 0.15) is 21.8 Å². The van der Waals surface area contributed by atoms with Crippen molar-refractivity contribution in [3.05, 3.63) is 70.9 Å². The molecule has 0 fully saturated rings. The SMILES string of the molecule is O=C(Cc1csc(NC(=O)c2ccco2)n1)NCCc1cccc(F)c1. The van der Waals surface area contributed by atoms with Crippen molar-refractivity contribution in [2.24, 2.45) is 0 Å². The third-order valence-corrected chi connectivity index (χ3v) is 4.29. The van der Waals surface area contributed by atoms with Crippen LogP contribution in [0, 0.1) is 5.82 Å². The van der Waals surface area contributed by atoms with Gasteiger partial charge in [-0.15, -0.1) is 11.3 Å². The second-order valence-electron chi connectivity index (χ2n) is 5.48. The lowest BCUT2D eigenvalue weighted by molar-refractivity contribution is -0.120. The number of carbonyl (C=O) groups is 2. The first-order valence-electron chi connectivity index (χ1n) is 7.90. The topological polar surface area (TPSA) is 84.2 Å². The van der Waals surface area contributed by atoms with Crippen LogP contribution in [0.4, 0.5) is 9.52 Å². The average molecular weight is 373 g/mol. The predicted octanol–water partition coefficient (Wildman–Crippen LogP) is 3.03. The minimum absolute atomic E-state index is 0.107. The molecule has 0 aliphatic rings. The summed E-state index contributed by atoms with van der Waals surface area (Å²) in [7, 11) is 0. The van der Waals surface area contributed by atoms with E-state index in [9.17, 15) is 14.0 Å². The Hall–Kier alpha value is -3.00. The molecule has 2 N–H and O–H groups in total. The minimum Gasteiger partial charge on any atom is -0.459 e. The van der Waals surface area contributed by atoms with Crippen molar-refractivity contribution in [3.63, 3.8) is 0 Å². The summed E-state index contributed by atoms with van der Waals surface area (Å²) in [5.41, 5.74) is 1.38. The summed E-state index contributed by atoms with van der Waals surface area (Å²) in [5, 5.41) is 7.50. The van der Waals surface area contributed by atoms with Gasteiger partial charge in [-0.25, -0.2) is 9.37 Å². The number of thiazole rings is 1. The molecule has 2 aromatic heterocycles. The molecule has 0 bridgehead atoms. The van der Waals surface area contributed by atoms with Crippen LogP contribution in [0.3, 0.4) is 0 Å². The van der Waals surface area contributed by atoms with Crippen molar-refractivity contribution < 1.29 is 18.4 Å². The van der Waals surface area contributed by atoms with E-state index in [0.29, 0.717) is 23.8 Å². The first-order valence-corrected chi connectivity index (χ1v) is 8.78. The van der Waals surface area contributed by atoms with Crippen LogP contribution < -0.4 is 10.6 Å². The van der Waals surface area contributed by atoms with Gasteiger partial charge in [0.1, 0.15) is 5.82 Å². The van der Waals surface area contributed by atoms with E-state index in [-0.39, 0.29) is 23.9 Å². The normalized spacial score (nSPS) is 10.5. The Labute approximate surface area is 153 Å². The average Bonchev–Trinajstić information content (AvgIpc) is 3.27. The lowest BCUT2D eigenvalue weighted by atomic mass is 10.1. The Bertz CT molecular complexity index is 893. The molecule has 2 amide bonds. The molecule has 134 valence electrons. The molecule has 8 heteroatoms. The lowest BCUT2D eigenvalue weighted by Gasteiger charge is -2.04. The van der Waals surface area contributed by atoms with Crippen molar-refractivity contribution in [2.45, 2.75) is 12.8 Å². The maximum Gasteiger partial charge on any atom is 0.293 e. The minimum atomic E-state index is -0.393. The number of hydrogen-bond acceptors (Lipinski definition) is 5. The first-order chi connectivity index (χ1) is 12.6. The fourth-order valence-corrected chi connectivity index (χ4v) is 2.98. The Kier molecular flexibility index (Phi) is 5.75. The van der Waals surface area contributed by atoms with E-state index in [1.54, 1.807) is 23.6 Å². The van der Waals surface area contributed by atoms with Crippen LogP contribution in [-0.4, -0.2) is 23.3 Å². The highest BCUT2D eigenvalue weighted by molar-refractivity contribution is 7.14. The third-order valence-electron chi connectivity index (χ3n) is 3.48. The summed E-state index contributed by atoms with van der Waals surface area (Å²) in [4.78, 5) is 28.0. The van der Waals surface area contributed by atoms with E-state index in [1.807, 2.05) is 6.07 Å². The highest BCUT2D eigenvalue weighted by atomic mass is 32.1. The second-order valence-corrected chi connectivity index (χ2v) is 6.34. The molecule has 0 spiro atoms. The largest absolute Gasteiger partial charge is 0.459 e. The van der Waals surface area contributed by atoms with Crippen LogP contribution in [0.15, 0.2) is 52.5 Å². The van der Waals surface area contributed by atoms with Gasteiger partial charge in [0.05, 0.1) is 18.4 Å². The summed E-state index contributed by atoms with van der Waals surface area (Å²) in [6.07, 6.45) is 2.07. The number of halogens is 1. The summed E-state index contributed by atoms with van der Waals surface area (Å²) in [5.74, 6) is -0.677. The zero-order valence-corrected chi connectivity index (χ0v) is 14.5. The molecule has 0 radical (unpaired) electrons. The van der Waals surface area contributed by atoms with Crippen molar-refractivity contribution >= 4 is 28.3 Å². The number of anilines is 1. The van der Waals surface area contributed by atoms with Gasteiger partial charge >= 0.3 is 0 Å². The fraction of sp³-hybridized carbons (Fsp3) is 0.167. The quantitative estimate of drug-likeness (QED) is 0.667. The number of nitrogens with zero attached hydrogens (tertiary/aromatic N) is 1. The number of benzene rings is 1. The van der Waals surface area contributed by atoms with Crippen molar-refractivity contribution in [1.29, 1.82) is 0 Å². The van der Waals surface area contributed by atoms with Crippen LogP contribution in [0.5, 0.6) is 0 Å². The van der Waals surface area contributed by atoms with Gasteiger partial charge in [0.15, 0.2) is 10.9 Å². The maximum absolute atomic E-state index is 13.1. The number of rotatable bonds is 7. The molecule has 0 aliphatic carbocycles. The standard InChI is InChI=1S/C18H16FN3O3S/c19-13-4-1-3-12(9-13)6-7-20-16(23)10-14-11-26-18(21-14)22-17(24)15-5-2-8-25-15/h1-5,8-9,11H,6-7,10H2,(H,20,23)(H,21,22,24). The lowest BCUT2D eigenvalue weighted by Crippen LogP contribution is -2.27. The van der Waals surface area contributed by atoms with Crippen molar-refractivity contribution in [1.82, 2.24) is 10.3 Å². The molecule has 0 unspecified atom stereocenters. The number of carbonyl (C=O) groups excluding carboxylic acids is 2. The van der Waals surface area contributed by atoms with Crippen LogP contribution >= 0.6 is 11.3 Å². The number of nitrogens with one attached hydrogen (secondary N) is 2. The Morgan fingerprint density at radius 1 is 1.23 bits per heavy atom. The van der Waals surface area contributed by atoms with Crippen LogP contribution in [-0.2, 0) is 17.6 Å². The van der Waals surface area contributed by atoms with E-state index in [4.69, 9.17) is 4.42 Å². The zero-order chi connectivity index (χ0) is 18.4. The molecule has 0 saturated heterocycles. The molecule has 0 saturated carbocycles. The summed E-state index contributed by atoms with van der Waals surface area (Å²) in [6, 6.07) is 9.45. The summed E-state index contributed by atoms with van der Waals surface area (Å²) >= 11 is 1.23. The summed E-state index contributed by atoms with van der Waals surface area (Å²) in [6.45, 7) is 0.411. The molecule has 2 heterocycles. The molecule has 3 rings (SSSR count). The Balaban J connectivity index is 1.44. The Morgan fingerprint density at radius 2 is 2.12 bits per heavy atom. The number of hydrogen-bond donors (Lipinski definition) is 2. The highest BCUT2D eigenvalue weighted by Crippen LogP contribution is 2.17. The molecule has 3 aromatic rings. The van der Waals surface area contributed by atoms with Gasteiger partial charge in [0.25, 0.3) is 5.91 Å². The van der Waals surface area contributed by atoms with E-state index in [0.717, 1.165) is 5.56 Å². The van der Waals surface area contributed by atoms with Gasteiger partial charge in [-0.05, 0) is 36.2 Å². The molecule has 6 nitrogen and oxygen atoms in total. The van der Waals surface area contributed by atoms with E-state index in [2.05, 4.69) is 15.6 Å². The molecular formula is C18H16FN3O3S. The van der Waals surface area contributed by atoms with Crippen molar-refractivity contribution in [3.8, 4) is 0 Å².